The van der Waals surface area contributed by atoms with Gasteiger partial charge in [-0.3, -0.25) is 9.59 Å². The average molecular weight is 343 g/mol. The Morgan fingerprint density at radius 3 is 2.50 bits per heavy atom. The van der Waals surface area contributed by atoms with E-state index in [4.69, 9.17) is 5.73 Å². The largest absolute Gasteiger partial charge is 0.508 e. The summed E-state index contributed by atoms with van der Waals surface area (Å²) >= 11 is 1.13. The van der Waals surface area contributed by atoms with E-state index in [0.717, 1.165) is 11.8 Å². The third-order valence-electron chi connectivity index (χ3n) is 3.61. The summed E-state index contributed by atoms with van der Waals surface area (Å²) in [4.78, 5) is 23.2. The summed E-state index contributed by atoms with van der Waals surface area (Å²) in [5, 5.41) is 22.7. The number of nitriles is 1. The second kappa shape index (κ2) is 7.23. The number of hydrogen-bond donors (Lipinski definition) is 3. The van der Waals surface area contributed by atoms with Crippen LogP contribution < -0.4 is 11.1 Å². The van der Waals surface area contributed by atoms with Gasteiger partial charge in [-0.15, -0.1) is 0 Å². The van der Waals surface area contributed by atoms with Crippen LogP contribution in [0.1, 0.15) is 25.3 Å². The van der Waals surface area contributed by atoms with Gasteiger partial charge in [0.25, 0.3) is 0 Å². The number of amides is 1. The Morgan fingerprint density at radius 1 is 1.38 bits per heavy atom. The lowest BCUT2D eigenvalue weighted by Crippen LogP contribution is -2.27. The van der Waals surface area contributed by atoms with Crippen molar-refractivity contribution in [3.63, 3.8) is 0 Å². The molecule has 1 heterocycles. The quantitative estimate of drug-likeness (QED) is 0.752. The molecule has 1 amide bonds. The van der Waals surface area contributed by atoms with Gasteiger partial charge in [-0.05, 0) is 31.5 Å². The number of aromatic hydroxyl groups is 1. The zero-order chi connectivity index (χ0) is 17.9. The van der Waals surface area contributed by atoms with Gasteiger partial charge in [-0.1, -0.05) is 23.9 Å². The van der Waals surface area contributed by atoms with Gasteiger partial charge in [-0.2, -0.15) is 5.26 Å². The normalized spacial score (nSPS) is 17.3. The Kier molecular flexibility index (Phi) is 5.31. The maximum atomic E-state index is 12.1. The third kappa shape index (κ3) is 3.60. The predicted molar refractivity (Wildman–Crippen MR) is 91.7 cm³/mol. The van der Waals surface area contributed by atoms with E-state index in [1.165, 1.54) is 19.1 Å². The van der Waals surface area contributed by atoms with E-state index in [2.05, 4.69) is 11.4 Å². The highest BCUT2D eigenvalue weighted by molar-refractivity contribution is 8.03. The third-order valence-corrected chi connectivity index (χ3v) is 4.65. The Bertz CT molecular complexity index is 788. The number of benzene rings is 1. The highest BCUT2D eigenvalue weighted by Gasteiger charge is 2.33. The first kappa shape index (κ1) is 17.6. The Labute approximate surface area is 144 Å². The zero-order valence-corrected chi connectivity index (χ0v) is 14.1. The van der Waals surface area contributed by atoms with Crippen molar-refractivity contribution in [2.45, 2.75) is 19.8 Å². The highest BCUT2D eigenvalue weighted by atomic mass is 32.2. The van der Waals surface area contributed by atoms with Crippen LogP contribution in [0, 0.1) is 11.3 Å². The van der Waals surface area contributed by atoms with Crippen LogP contribution in [0.25, 0.3) is 0 Å². The molecule has 0 aromatic heterocycles. The number of rotatable bonds is 5. The lowest BCUT2D eigenvalue weighted by Gasteiger charge is -2.29. The van der Waals surface area contributed by atoms with Crippen LogP contribution in [0.3, 0.4) is 0 Å². The standard InChI is InChI=1S/C17H17N3O3S/c1-9-15(10(2)21)16(11-3-5-12(22)6-4-11)13(7-18)17(20-9)24-8-14(19)23/h3-6,16,20,22H,8H2,1-2H3,(H2,19,23)/t16-/m0/s1. The van der Waals surface area contributed by atoms with Crippen LogP contribution in [0.2, 0.25) is 0 Å². The van der Waals surface area contributed by atoms with E-state index in [9.17, 15) is 20.0 Å². The molecule has 1 aromatic rings. The molecule has 1 aliphatic heterocycles. The topological polar surface area (TPSA) is 116 Å². The molecule has 1 aliphatic rings. The number of phenols is 1. The van der Waals surface area contributed by atoms with E-state index in [1.807, 2.05) is 0 Å². The van der Waals surface area contributed by atoms with Crippen molar-refractivity contribution in [3.8, 4) is 11.8 Å². The van der Waals surface area contributed by atoms with Gasteiger partial charge in [0.2, 0.25) is 5.91 Å². The molecule has 7 heteroatoms. The summed E-state index contributed by atoms with van der Waals surface area (Å²) < 4.78 is 0. The number of phenolic OH excluding ortho intramolecular Hbond substituents is 1. The molecule has 0 saturated heterocycles. The molecule has 24 heavy (non-hydrogen) atoms. The molecular weight excluding hydrogens is 326 g/mol. The number of primary amides is 1. The van der Waals surface area contributed by atoms with Crippen molar-refractivity contribution < 1.29 is 14.7 Å². The highest BCUT2D eigenvalue weighted by Crippen LogP contribution is 2.40. The number of ketones is 1. The fraction of sp³-hybridized carbons (Fsp3) is 0.235. The lowest BCUT2D eigenvalue weighted by atomic mass is 9.81. The number of nitrogens with two attached hydrogens (primary N) is 1. The summed E-state index contributed by atoms with van der Waals surface area (Å²) in [6.45, 7) is 3.20. The van der Waals surface area contributed by atoms with E-state index in [1.54, 1.807) is 19.1 Å². The molecule has 6 nitrogen and oxygen atoms in total. The van der Waals surface area contributed by atoms with Gasteiger partial charge in [-0.25, -0.2) is 0 Å². The fourth-order valence-electron chi connectivity index (χ4n) is 2.64. The monoisotopic (exact) mass is 343 g/mol. The summed E-state index contributed by atoms with van der Waals surface area (Å²) in [6.07, 6.45) is 0. The number of dihydropyridines is 1. The number of carbonyl (C=O) groups excluding carboxylic acids is 2. The molecule has 124 valence electrons. The van der Waals surface area contributed by atoms with E-state index < -0.39 is 11.8 Å². The molecule has 4 N–H and O–H groups in total. The van der Waals surface area contributed by atoms with E-state index >= 15 is 0 Å². The van der Waals surface area contributed by atoms with Crippen molar-refractivity contribution in [1.82, 2.24) is 5.32 Å². The number of carbonyl (C=O) groups is 2. The number of allylic oxidation sites excluding steroid dienone is 3. The molecule has 0 aliphatic carbocycles. The van der Waals surface area contributed by atoms with E-state index in [-0.39, 0.29) is 17.3 Å². The fourth-order valence-corrected chi connectivity index (χ4v) is 3.47. The lowest BCUT2D eigenvalue weighted by molar-refractivity contribution is -0.115. The van der Waals surface area contributed by atoms with Crippen LogP contribution in [-0.2, 0) is 9.59 Å². The SMILES string of the molecule is CC(=O)C1=C(C)NC(SCC(N)=O)=C(C#N)[C@@H]1c1ccc(O)cc1. The van der Waals surface area contributed by atoms with Crippen LogP contribution in [0.4, 0.5) is 0 Å². The zero-order valence-electron chi connectivity index (χ0n) is 13.3. The maximum Gasteiger partial charge on any atom is 0.227 e. The van der Waals surface area contributed by atoms with Crippen LogP contribution in [0.15, 0.2) is 46.1 Å². The predicted octanol–water partition coefficient (Wildman–Crippen LogP) is 1.90. The average Bonchev–Trinajstić information content (AvgIpc) is 2.52. The first-order chi connectivity index (χ1) is 11.3. The smallest absolute Gasteiger partial charge is 0.227 e. The van der Waals surface area contributed by atoms with Crippen LogP contribution >= 0.6 is 11.8 Å². The molecular formula is C17H17N3O3S. The van der Waals surface area contributed by atoms with Gasteiger partial charge >= 0.3 is 0 Å². The molecule has 1 aromatic carbocycles. The minimum atomic E-state index is -0.551. The number of thioether (sulfide) groups is 1. The van der Waals surface area contributed by atoms with Crippen LogP contribution in [0.5, 0.6) is 5.75 Å². The van der Waals surface area contributed by atoms with Crippen molar-refractivity contribution in [2.75, 3.05) is 5.75 Å². The summed E-state index contributed by atoms with van der Waals surface area (Å²) in [5.41, 5.74) is 7.37. The van der Waals surface area contributed by atoms with Gasteiger partial charge in [0.15, 0.2) is 5.78 Å². The number of hydrogen-bond acceptors (Lipinski definition) is 6. The van der Waals surface area contributed by atoms with Crippen molar-refractivity contribution in [3.05, 3.63) is 51.7 Å². The molecule has 0 radical (unpaired) electrons. The van der Waals surface area contributed by atoms with Gasteiger partial charge in [0.05, 0.1) is 28.3 Å². The molecule has 0 bridgehead atoms. The van der Waals surface area contributed by atoms with Crippen molar-refractivity contribution in [2.24, 2.45) is 5.73 Å². The molecule has 1 atom stereocenters. The second-order valence-corrected chi connectivity index (χ2v) is 6.34. The number of nitrogens with zero attached hydrogens (tertiary/aromatic N) is 1. The minimum Gasteiger partial charge on any atom is -0.508 e. The van der Waals surface area contributed by atoms with Gasteiger partial charge in [0, 0.05) is 11.3 Å². The molecule has 0 spiro atoms. The van der Waals surface area contributed by atoms with Gasteiger partial charge in [0.1, 0.15) is 5.75 Å². The molecule has 0 saturated carbocycles. The Morgan fingerprint density at radius 2 is 2.00 bits per heavy atom. The Balaban J connectivity index is 2.57. The second-order valence-electron chi connectivity index (χ2n) is 5.35. The molecule has 2 rings (SSSR count). The summed E-state index contributed by atoms with van der Waals surface area (Å²) in [7, 11) is 0. The van der Waals surface area contributed by atoms with Gasteiger partial charge < -0.3 is 16.2 Å². The summed E-state index contributed by atoms with van der Waals surface area (Å²) in [6, 6.07) is 8.51. The molecule has 0 unspecified atom stereocenters. The Hall–Kier alpha value is -2.72. The van der Waals surface area contributed by atoms with Crippen LogP contribution in [-0.4, -0.2) is 22.5 Å². The van der Waals surface area contributed by atoms with Crippen molar-refractivity contribution >= 4 is 23.5 Å². The van der Waals surface area contributed by atoms with Crippen molar-refractivity contribution in [1.29, 1.82) is 5.26 Å². The first-order valence-corrected chi connectivity index (χ1v) is 8.16. The first-order valence-electron chi connectivity index (χ1n) is 7.18. The number of Topliss-reactive ketones (excluding diaryl/α,β-unsaturated/α-hetero) is 1. The summed E-state index contributed by atoms with van der Waals surface area (Å²) in [5.74, 6) is -1.07. The maximum absolute atomic E-state index is 12.1. The molecule has 0 fully saturated rings. The minimum absolute atomic E-state index is 0.0263. The van der Waals surface area contributed by atoms with E-state index in [0.29, 0.717) is 27.4 Å². The number of nitrogens with one attached hydrogen (secondary N) is 1.